The number of likely N-dealkylation sites (tertiary alicyclic amines) is 1. The minimum Gasteiger partial charge on any atom is -0.340 e. The Bertz CT molecular complexity index is 974. The van der Waals surface area contributed by atoms with Crippen molar-refractivity contribution in [2.45, 2.75) is 44.8 Å². The molecule has 4 aliphatic rings. The molecule has 0 aliphatic carbocycles. The van der Waals surface area contributed by atoms with Gasteiger partial charge in [-0.1, -0.05) is 12.1 Å². The highest BCUT2D eigenvalue weighted by molar-refractivity contribution is 6.05. The first kappa shape index (κ1) is 22.0. The number of imide groups is 1. The Balaban J connectivity index is 1.22. The molecule has 9 heteroatoms. The number of nitrogens with one attached hydrogen (secondary N) is 2. The highest BCUT2D eigenvalue weighted by Gasteiger charge is 2.39. The number of benzene rings is 1. The normalized spacial score (nSPS) is 26.4. The number of piperazine rings is 1. The number of fused-ring (bicyclic) bond motifs is 1. The van der Waals surface area contributed by atoms with Crippen LogP contribution in [0, 0.1) is 5.92 Å². The number of hydrogen-bond donors (Lipinski definition) is 2. The van der Waals surface area contributed by atoms with Gasteiger partial charge in [-0.15, -0.1) is 0 Å². The summed E-state index contributed by atoms with van der Waals surface area (Å²) in [6.07, 6.45) is 2.58. The van der Waals surface area contributed by atoms with E-state index in [-0.39, 0.29) is 36.0 Å². The van der Waals surface area contributed by atoms with Crippen LogP contribution in [0.5, 0.6) is 0 Å². The van der Waals surface area contributed by atoms with Gasteiger partial charge in [0.05, 0.1) is 5.92 Å². The number of carbonyl (C=O) groups is 4. The lowest BCUT2D eigenvalue weighted by Crippen LogP contribution is -2.52. The maximum absolute atomic E-state index is 12.9. The van der Waals surface area contributed by atoms with Crippen molar-refractivity contribution in [3.8, 4) is 0 Å². The van der Waals surface area contributed by atoms with E-state index in [0.29, 0.717) is 18.5 Å². The highest BCUT2D eigenvalue weighted by Crippen LogP contribution is 2.29. The van der Waals surface area contributed by atoms with Gasteiger partial charge in [-0.2, -0.15) is 0 Å². The molecule has 0 radical (unpaired) electrons. The number of rotatable bonds is 4. The van der Waals surface area contributed by atoms with Gasteiger partial charge < -0.3 is 15.1 Å². The maximum Gasteiger partial charge on any atom is 0.255 e. The Morgan fingerprint density at radius 1 is 1.06 bits per heavy atom. The van der Waals surface area contributed by atoms with Crippen molar-refractivity contribution in [3.05, 3.63) is 34.9 Å². The zero-order chi connectivity index (χ0) is 22.9. The molecule has 0 spiro atoms. The van der Waals surface area contributed by atoms with Crippen LogP contribution in [0.25, 0.3) is 0 Å². The summed E-state index contributed by atoms with van der Waals surface area (Å²) in [6, 6.07) is 5.30. The fourth-order valence-corrected chi connectivity index (χ4v) is 5.53. The maximum atomic E-state index is 12.9. The SMILES string of the molecule is O=C1CCC(N2Cc3cc(CN4CCCC(C(=O)N5CCNCC5)C4)ccc3C2=O)C(=O)N1. The molecule has 4 heterocycles. The standard InChI is InChI=1S/C24H31N5O4/c30-21-6-5-20(22(31)26-21)29-15-18-12-16(3-4-19(18)24(29)33)13-27-9-1-2-17(14-27)23(32)28-10-7-25-8-11-28/h3-4,12,17,20,25H,1-2,5-11,13-15H2,(H,26,30,31). The summed E-state index contributed by atoms with van der Waals surface area (Å²) in [5.74, 6) is -0.485. The third-order valence-electron chi connectivity index (χ3n) is 7.28. The third kappa shape index (κ3) is 4.52. The van der Waals surface area contributed by atoms with E-state index in [9.17, 15) is 19.2 Å². The van der Waals surface area contributed by atoms with Crippen LogP contribution in [0.4, 0.5) is 0 Å². The molecule has 0 saturated carbocycles. The molecule has 176 valence electrons. The van der Waals surface area contributed by atoms with Crippen molar-refractivity contribution >= 4 is 23.6 Å². The number of hydrogen-bond acceptors (Lipinski definition) is 6. The number of nitrogens with zero attached hydrogens (tertiary/aromatic N) is 3. The largest absolute Gasteiger partial charge is 0.340 e. The predicted molar refractivity (Wildman–Crippen MR) is 120 cm³/mol. The molecule has 2 N–H and O–H groups in total. The molecule has 1 aromatic carbocycles. The predicted octanol–water partition coefficient (Wildman–Crippen LogP) is 0.0914. The third-order valence-corrected chi connectivity index (χ3v) is 7.28. The van der Waals surface area contributed by atoms with Crippen LogP contribution in [0.2, 0.25) is 0 Å². The zero-order valence-electron chi connectivity index (χ0n) is 18.8. The summed E-state index contributed by atoms with van der Waals surface area (Å²) >= 11 is 0. The topological polar surface area (TPSA) is 102 Å². The van der Waals surface area contributed by atoms with E-state index in [1.54, 1.807) is 4.90 Å². The smallest absolute Gasteiger partial charge is 0.255 e. The van der Waals surface area contributed by atoms with Gasteiger partial charge >= 0.3 is 0 Å². The Hall–Kier alpha value is -2.78. The van der Waals surface area contributed by atoms with Gasteiger partial charge in [0.2, 0.25) is 17.7 Å². The molecule has 33 heavy (non-hydrogen) atoms. The Morgan fingerprint density at radius 2 is 1.88 bits per heavy atom. The molecule has 0 aromatic heterocycles. The van der Waals surface area contributed by atoms with Crippen LogP contribution >= 0.6 is 0 Å². The minimum absolute atomic E-state index is 0.0517. The first-order chi connectivity index (χ1) is 16.0. The van der Waals surface area contributed by atoms with Gasteiger partial charge in [0.15, 0.2) is 0 Å². The Labute approximate surface area is 193 Å². The van der Waals surface area contributed by atoms with E-state index in [0.717, 1.165) is 69.8 Å². The van der Waals surface area contributed by atoms with Crippen LogP contribution < -0.4 is 10.6 Å². The summed E-state index contributed by atoms with van der Waals surface area (Å²) in [5, 5.41) is 5.64. The van der Waals surface area contributed by atoms with Crippen LogP contribution in [0.1, 0.15) is 47.2 Å². The second-order valence-corrected chi connectivity index (χ2v) is 9.54. The molecular formula is C24H31N5O4. The molecule has 2 atom stereocenters. The van der Waals surface area contributed by atoms with E-state index in [4.69, 9.17) is 0 Å². The fraction of sp³-hybridized carbons (Fsp3) is 0.583. The minimum atomic E-state index is -0.593. The second-order valence-electron chi connectivity index (χ2n) is 9.54. The number of carbonyl (C=O) groups excluding carboxylic acids is 4. The molecule has 4 amide bonds. The zero-order valence-corrected chi connectivity index (χ0v) is 18.8. The molecule has 1 aromatic rings. The lowest BCUT2D eigenvalue weighted by atomic mass is 9.95. The molecule has 9 nitrogen and oxygen atoms in total. The average Bonchev–Trinajstić information content (AvgIpc) is 3.15. The van der Waals surface area contributed by atoms with E-state index in [1.807, 2.05) is 17.0 Å². The molecule has 4 aliphatic heterocycles. The Morgan fingerprint density at radius 3 is 2.67 bits per heavy atom. The van der Waals surface area contributed by atoms with E-state index in [1.165, 1.54) is 0 Å². The lowest BCUT2D eigenvalue weighted by Gasteiger charge is -2.36. The van der Waals surface area contributed by atoms with Crippen molar-refractivity contribution in [3.63, 3.8) is 0 Å². The molecule has 2 unspecified atom stereocenters. The first-order valence-corrected chi connectivity index (χ1v) is 12.0. The van der Waals surface area contributed by atoms with Gasteiger partial charge in [-0.3, -0.25) is 29.4 Å². The second kappa shape index (κ2) is 9.23. The molecule has 3 saturated heterocycles. The summed E-state index contributed by atoms with van der Waals surface area (Å²) in [6.45, 7) is 6.17. The van der Waals surface area contributed by atoms with Crippen LogP contribution in [-0.4, -0.2) is 83.6 Å². The lowest BCUT2D eigenvalue weighted by molar-refractivity contribution is -0.138. The molecule has 5 rings (SSSR count). The first-order valence-electron chi connectivity index (χ1n) is 12.0. The van der Waals surface area contributed by atoms with Crippen molar-refractivity contribution in [2.24, 2.45) is 5.92 Å². The van der Waals surface area contributed by atoms with Gasteiger partial charge in [-0.05, 0) is 43.0 Å². The Kier molecular flexibility index (Phi) is 6.16. The van der Waals surface area contributed by atoms with E-state index < -0.39 is 6.04 Å². The van der Waals surface area contributed by atoms with Crippen molar-refractivity contribution in [2.75, 3.05) is 39.3 Å². The van der Waals surface area contributed by atoms with Crippen molar-refractivity contribution < 1.29 is 19.2 Å². The monoisotopic (exact) mass is 453 g/mol. The van der Waals surface area contributed by atoms with Crippen LogP contribution in [0.3, 0.4) is 0 Å². The van der Waals surface area contributed by atoms with E-state index >= 15 is 0 Å². The highest BCUT2D eigenvalue weighted by atomic mass is 16.2. The van der Waals surface area contributed by atoms with Crippen LogP contribution in [-0.2, 0) is 27.5 Å². The summed E-state index contributed by atoms with van der Waals surface area (Å²) in [4.78, 5) is 55.5. The summed E-state index contributed by atoms with van der Waals surface area (Å²) < 4.78 is 0. The summed E-state index contributed by atoms with van der Waals surface area (Å²) in [7, 11) is 0. The quantitative estimate of drug-likeness (QED) is 0.627. The van der Waals surface area contributed by atoms with Gasteiger partial charge in [0.1, 0.15) is 6.04 Å². The molecule has 3 fully saturated rings. The van der Waals surface area contributed by atoms with Crippen molar-refractivity contribution in [1.82, 2.24) is 25.3 Å². The van der Waals surface area contributed by atoms with Gasteiger partial charge in [0, 0.05) is 57.8 Å². The average molecular weight is 454 g/mol. The van der Waals surface area contributed by atoms with Crippen LogP contribution in [0.15, 0.2) is 18.2 Å². The number of amides is 4. The van der Waals surface area contributed by atoms with Gasteiger partial charge in [-0.25, -0.2) is 0 Å². The number of piperidine rings is 2. The molecular weight excluding hydrogens is 422 g/mol. The van der Waals surface area contributed by atoms with Crippen molar-refractivity contribution in [1.29, 1.82) is 0 Å². The van der Waals surface area contributed by atoms with Gasteiger partial charge in [0.25, 0.3) is 5.91 Å². The molecule has 0 bridgehead atoms. The summed E-state index contributed by atoms with van der Waals surface area (Å²) in [5.41, 5.74) is 2.67. The van der Waals surface area contributed by atoms with E-state index in [2.05, 4.69) is 21.6 Å². The fourth-order valence-electron chi connectivity index (χ4n) is 5.53.